The topological polar surface area (TPSA) is 126 Å². The van der Waals surface area contributed by atoms with Crippen LogP contribution in [0.3, 0.4) is 0 Å². The van der Waals surface area contributed by atoms with Gasteiger partial charge in [-0.15, -0.1) is 10.1 Å². The fraction of sp³-hybridized carbons (Fsp3) is 0.833. The minimum Gasteiger partial charge on any atom is -0.632 e. The number of hydrogen-bond donors (Lipinski definition) is 2. The molecule has 1 saturated heterocycles. The molecule has 3 N–H and O–H groups in total. The Bertz CT molecular complexity index is 193. The van der Waals surface area contributed by atoms with E-state index in [4.69, 9.17) is 21.1 Å². The summed E-state index contributed by atoms with van der Waals surface area (Å²) >= 11 is 0. The first kappa shape index (κ1) is 16.9. The van der Waals surface area contributed by atoms with E-state index in [1.807, 2.05) is 0 Å². The standard InChI is InChI=1S/C6H12N2O2.HNO3.Y/c7-6(9)10-4-5-2-1-3-8-5;2-1(3)4;/h5,8H,1-4H2,(H2,7,9);(H,2,3,4);/p-1. The SMILES string of the molecule is O=[N+]([O-])O.[NH-]C(=O)OCC1CCCN1.[Y]. The number of carbonyl (C=O) groups is 1. The van der Waals surface area contributed by atoms with E-state index in [0.717, 1.165) is 19.4 Å². The van der Waals surface area contributed by atoms with Crippen molar-refractivity contribution in [3.8, 4) is 0 Å². The van der Waals surface area contributed by atoms with Gasteiger partial charge >= 0.3 is 0 Å². The van der Waals surface area contributed by atoms with Crippen LogP contribution in [0.25, 0.3) is 5.73 Å². The number of rotatable bonds is 2. The van der Waals surface area contributed by atoms with Crippen molar-refractivity contribution in [3.63, 3.8) is 0 Å². The van der Waals surface area contributed by atoms with E-state index in [-0.39, 0.29) is 38.8 Å². The first-order valence-electron chi connectivity index (χ1n) is 3.97. The van der Waals surface area contributed by atoms with Crippen molar-refractivity contribution in [2.45, 2.75) is 18.9 Å². The molecule has 1 aliphatic heterocycles. The van der Waals surface area contributed by atoms with Gasteiger partial charge in [0.15, 0.2) is 0 Å². The predicted octanol–water partition coefficient (Wildman–Crippen LogP) is 0.577. The van der Waals surface area contributed by atoms with Crippen LogP contribution in [0.5, 0.6) is 0 Å². The number of nitrogens with zero attached hydrogens (tertiary/aromatic N) is 1. The van der Waals surface area contributed by atoms with Gasteiger partial charge in [-0.25, -0.2) is 0 Å². The molecule has 1 unspecified atom stereocenters. The molecule has 0 aliphatic carbocycles. The van der Waals surface area contributed by atoms with E-state index in [0.29, 0.717) is 6.61 Å². The average molecular weight is 295 g/mol. The quantitative estimate of drug-likeness (QED) is 0.566. The molecule has 0 aromatic rings. The first-order chi connectivity index (χ1) is 6.52. The van der Waals surface area contributed by atoms with Crippen LogP contribution >= 0.6 is 0 Å². The molecule has 9 heteroatoms. The zero-order valence-electron chi connectivity index (χ0n) is 8.01. The van der Waals surface area contributed by atoms with Crippen LogP contribution in [-0.2, 0) is 37.4 Å². The van der Waals surface area contributed by atoms with Crippen molar-refractivity contribution in [1.29, 1.82) is 0 Å². The molecule has 0 saturated carbocycles. The largest absolute Gasteiger partial charge is 0.632 e. The molecule has 1 amide bonds. The smallest absolute Gasteiger partial charge is 0.291 e. The molecule has 85 valence electrons. The van der Waals surface area contributed by atoms with Crippen molar-refractivity contribution in [3.05, 3.63) is 15.8 Å². The van der Waals surface area contributed by atoms with Crippen LogP contribution in [0.1, 0.15) is 12.8 Å². The van der Waals surface area contributed by atoms with Gasteiger partial charge in [-0.2, -0.15) is 0 Å². The Balaban J connectivity index is 0. The molecule has 0 spiro atoms. The van der Waals surface area contributed by atoms with Crippen LogP contribution in [0, 0.1) is 10.1 Å². The number of nitrogens with one attached hydrogen (secondary N) is 2. The Morgan fingerprint density at radius 3 is 2.60 bits per heavy atom. The van der Waals surface area contributed by atoms with E-state index in [1.165, 1.54) is 0 Å². The number of hydrogen-bond acceptors (Lipinski definition) is 5. The summed E-state index contributed by atoms with van der Waals surface area (Å²) in [5.74, 6) is 0. The zero-order valence-corrected chi connectivity index (χ0v) is 10.8. The molecule has 1 aliphatic rings. The first-order valence-corrected chi connectivity index (χ1v) is 3.97. The number of amides is 1. The average Bonchev–Trinajstić information content (AvgIpc) is 2.51. The summed E-state index contributed by atoms with van der Waals surface area (Å²) in [6.07, 6.45) is 1.25. The molecule has 0 aromatic carbocycles. The molecule has 1 atom stereocenters. The summed E-state index contributed by atoms with van der Waals surface area (Å²) in [4.78, 5) is 18.4. The second-order valence-corrected chi connectivity index (χ2v) is 2.63. The monoisotopic (exact) mass is 295 g/mol. The third-order valence-corrected chi connectivity index (χ3v) is 1.58. The fourth-order valence-electron chi connectivity index (χ4n) is 1.08. The molecule has 1 heterocycles. The van der Waals surface area contributed by atoms with Crippen LogP contribution in [0.15, 0.2) is 0 Å². The Morgan fingerprint density at radius 2 is 2.27 bits per heavy atom. The number of ether oxygens (including phenoxy) is 1. The Labute approximate surface area is 112 Å². The van der Waals surface area contributed by atoms with E-state index >= 15 is 0 Å². The summed E-state index contributed by atoms with van der Waals surface area (Å²) in [7, 11) is 0. The van der Waals surface area contributed by atoms with E-state index < -0.39 is 11.2 Å². The van der Waals surface area contributed by atoms with Crippen LogP contribution in [0.2, 0.25) is 0 Å². The fourth-order valence-corrected chi connectivity index (χ4v) is 1.08. The molecular formula is C6H12N3O5Y-. The van der Waals surface area contributed by atoms with Gasteiger partial charge < -0.3 is 21.0 Å². The minimum absolute atomic E-state index is 0. The molecular weight excluding hydrogens is 283 g/mol. The summed E-state index contributed by atoms with van der Waals surface area (Å²) in [5.41, 5.74) is 6.45. The summed E-state index contributed by atoms with van der Waals surface area (Å²) in [5, 5.41) is 16.8. The van der Waals surface area contributed by atoms with Crippen LogP contribution in [-0.4, -0.2) is 35.6 Å². The maximum atomic E-state index is 10.0. The molecule has 15 heavy (non-hydrogen) atoms. The Morgan fingerprint density at radius 1 is 1.73 bits per heavy atom. The Hall–Kier alpha value is -0.466. The predicted molar refractivity (Wildman–Crippen MR) is 45.5 cm³/mol. The molecule has 1 radical (unpaired) electrons. The molecule has 1 fully saturated rings. The van der Waals surface area contributed by atoms with Gasteiger partial charge in [-0.3, -0.25) is 4.79 Å². The maximum absolute atomic E-state index is 10.0. The molecule has 0 bridgehead atoms. The van der Waals surface area contributed by atoms with Gasteiger partial charge in [-0.05, 0) is 19.4 Å². The van der Waals surface area contributed by atoms with Gasteiger partial charge in [0, 0.05) is 38.8 Å². The summed E-state index contributed by atoms with van der Waals surface area (Å²) in [6.45, 7) is 1.35. The van der Waals surface area contributed by atoms with E-state index in [1.54, 1.807) is 0 Å². The van der Waals surface area contributed by atoms with E-state index in [2.05, 4.69) is 10.1 Å². The van der Waals surface area contributed by atoms with Gasteiger partial charge in [0.2, 0.25) is 6.09 Å². The van der Waals surface area contributed by atoms with Gasteiger partial charge in [0.1, 0.15) is 6.61 Å². The van der Waals surface area contributed by atoms with Gasteiger partial charge in [0.25, 0.3) is 5.09 Å². The summed E-state index contributed by atoms with van der Waals surface area (Å²) < 4.78 is 4.49. The van der Waals surface area contributed by atoms with Crippen LogP contribution < -0.4 is 5.32 Å². The summed E-state index contributed by atoms with van der Waals surface area (Å²) in [6, 6.07) is 0.286. The maximum Gasteiger partial charge on any atom is 0.291 e. The third kappa shape index (κ3) is 13.5. The van der Waals surface area contributed by atoms with Gasteiger partial charge in [0.05, 0.1) is 0 Å². The second kappa shape index (κ2) is 10.1. The zero-order chi connectivity index (χ0) is 11.0. The molecule has 1 rings (SSSR count). The minimum atomic E-state index is -1.50. The van der Waals surface area contributed by atoms with Crippen molar-refractivity contribution >= 4 is 6.09 Å². The second-order valence-electron chi connectivity index (χ2n) is 2.63. The normalized spacial score (nSPS) is 18.0. The van der Waals surface area contributed by atoms with Crippen molar-refractivity contribution in [1.82, 2.24) is 5.32 Å². The molecule has 0 aromatic heterocycles. The Kier molecular flexibility index (Phi) is 11.4. The molecule has 8 nitrogen and oxygen atoms in total. The van der Waals surface area contributed by atoms with Crippen molar-refractivity contribution in [2.75, 3.05) is 13.2 Å². The third-order valence-electron chi connectivity index (χ3n) is 1.58. The van der Waals surface area contributed by atoms with E-state index in [9.17, 15) is 4.79 Å². The van der Waals surface area contributed by atoms with Gasteiger partial charge in [-0.1, -0.05) is 0 Å². The van der Waals surface area contributed by atoms with Crippen LogP contribution in [0.4, 0.5) is 4.79 Å². The van der Waals surface area contributed by atoms with Crippen molar-refractivity contribution in [2.24, 2.45) is 0 Å². The van der Waals surface area contributed by atoms with Crippen molar-refractivity contribution < 1.29 is 52.5 Å². The number of carbonyl (C=O) groups excluding carboxylic acids is 1.